The first kappa shape index (κ1) is 30.1. The first-order chi connectivity index (χ1) is 22.4. The predicted molar refractivity (Wildman–Crippen MR) is 167 cm³/mol. The Balaban J connectivity index is 1.33. The molecule has 1 saturated heterocycles. The molecule has 3 aromatic carbocycles. The lowest BCUT2D eigenvalue weighted by Crippen LogP contribution is -2.58. The normalized spacial score (nSPS) is 18.0. The Labute approximate surface area is 265 Å². The molecule has 11 nitrogen and oxygen atoms in total. The van der Waals surface area contributed by atoms with Crippen LogP contribution in [0.1, 0.15) is 38.4 Å². The van der Waals surface area contributed by atoms with Crippen LogP contribution < -0.4 is 24.8 Å². The summed E-state index contributed by atoms with van der Waals surface area (Å²) < 4.78 is 17.8. The molecule has 0 aliphatic carbocycles. The van der Waals surface area contributed by atoms with Crippen molar-refractivity contribution in [3.05, 3.63) is 107 Å². The lowest BCUT2D eigenvalue weighted by Gasteiger charge is -2.39. The van der Waals surface area contributed by atoms with Crippen molar-refractivity contribution >= 4 is 17.7 Å². The zero-order valence-corrected chi connectivity index (χ0v) is 25.1. The number of piperidine rings is 1. The molecule has 3 aliphatic heterocycles. The number of nitrogens with zero attached hydrogens (tertiary/aromatic N) is 3. The highest BCUT2D eigenvalue weighted by atomic mass is 16.5. The van der Waals surface area contributed by atoms with Gasteiger partial charge in [-0.05, 0) is 65.7 Å². The van der Waals surface area contributed by atoms with E-state index >= 15 is 0 Å². The molecule has 0 radical (unpaired) electrons. The van der Waals surface area contributed by atoms with Crippen LogP contribution >= 0.6 is 0 Å². The van der Waals surface area contributed by atoms with E-state index in [4.69, 9.17) is 19.5 Å². The summed E-state index contributed by atoms with van der Waals surface area (Å²) in [6.07, 6.45) is 1.41. The minimum atomic E-state index is -0.552. The van der Waals surface area contributed by atoms with Gasteiger partial charge in [-0.3, -0.25) is 14.4 Å². The Morgan fingerprint density at radius 1 is 1.02 bits per heavy atom. The van der Waals surface area contributed by atoms with E-state index in [-0.39, 0.29) is 36.6 Å². The van der Waals surface area contributed by atoms with E-state index < -0.39 is 12.1 Å². The lowest BCUT2D eigenvalue weighted by atomic mass is 9.98. The fourth-order valence-corrected chi connectivity index (χ4v) is 5.50. The molecular formula is C35H31N5O6. The summed E-state index contributed by atoms with van der Waals surface area (Å²) in [5.41, 5.74) is 3.25. The smallest absolute Gasteiger partial charge is 0.258 e. The third kappa shape index (κ3) is 6.76. The first-order valence-corrected chi connectivity index (χ1v) is 14.8. The number of carbonyl (C=O) groups excluding carboxylic acids is 3. The topological polar surface area (TPSA) is 143 Å². The number of aromatic nitrogens is 1. The van der Waals surface area contributed by atoms with Crippen LogP contribution in [0.5, 0.6) is 17.2 Å². The van der Waals surface area contributed by atoms with Crippen molar-refractivity contribution in [1.82, 2.24) is 20.5 Å². The second-order valence-electron chi connectivity index (χ2n) is 11.0. The molecular weight excluding hydrogens is 586 g/mol. The Morgan fingerprint density at radius 2 is 1.87 bits per heavy atom. The van der Waals surface area contributed by atoms with Crippen LogP contribution in [0.25, 0.3) is 11.1 Å². The molecule has 0 unspecified atom stereocenters. The molecule has 4 heterocycles. The number of likely N-dealkylation sites (tertiary alicyclic amines) is 1. The molecule has 11 heteroatoms. The van der Waals surface area contributed by atoms with Crippen LogP contribution in [0.15, 0.2) is 85.1 Å². The van der Waals surface area contributed by atoms with Crippen molar-refractivity contribution < 1.29 is 28.6 Å². The average Bonchev–Trinajstić information content (AvgIpc) is 3.10. The van der Waals surface area contributed by atoms with Gasteiger partial charge >= 0.3 is 0 Å². The largest absolute Gasteiger partial charge is 0.496 e. The van der Waals surface area contributed by atoms with E-state index in [0.29, 0.717) is 53.4 Å². The van der Waals surface area contributed by atoms with Gasteiger partial charge in [-0.1, -0.05) is 24.3 Å². The quantitative estimate of drug-likeness (QED) is 0.347. The molecule has 0 spiro atoms. The number of hydrogen-bond acceptors (Lipinski definition) is 8. The van der Waals surface area contributed by atoms with Crippen LogP contribution in [-0.4, -0.2) is 66.6 Å². The van der Waals surface area contributed by atoms with Crippen LogP contribution in [-0.2, 0) is 11.3 Å². The number of nitriles is 1. The number of hydrogen-bond donors (Lipinski definition) is 2. The van der Waals surface area contributed by atoms with Crippen LogP contribution in [0.3, 0.4) is 0 Å². The van der Waals surface area contributed by atoms with Crippen molar-refractivity contribution in [2.45, 2.75) is 25.1 Å². The number of fused-ring (bicyclic) bond motifs is 7. The molecule has 2 atom stereocenters. The summed E-state index contributed by atoms with van der Waals surface area (Å²) in [5.74, 6) is 0.786. The summed E-state index contributed by atoms with van der Waals surface area (Å²) in [5, 5.41) is 15.1. The maximum Gasteiger partial charge on any atom is 0.258 e. The summed E-state index contributed by atoms with van der Waals surface area (Å²) in [4.78, 5) is 45.4. The lowest BCUT2D eigenvalue weighted by molar-refractivity contribution is -0.123. The molecule has 1 aromatic heterocycles. The highest BCUT2D eigenvalue weighted by Crippen LogP contribution is 2.33. The number of ether oxygens (including phenoxy) is 3. The van der Waals surface area contributed by atoms with Gasteiger partial charge in [0.2, 0.25) is 0 Å². The zero-order chi connectivity index (χ0) is 32.0. The molecule has 1 fully saturated rings. The SMILES string of the molecule is COc1ccc2cc1-c1cccc(c1)OCC(=O)NCc1ccc(cc1)O[C@@H]1CCN(C(=O)c3ccc(C#N)nc3)C[C@H]1NC2=O. The van der Waals surface area contributed by atoms with Crippen molar-refractivity contribution in [3.63, 3.8) is 0 Å². The molecule has 3 amide bonds. The molecule has 7 rings (SSSR count). The Morgan fingerprint density at radius 3 is 2.63 bits per heavy atom. The van der Waals surface area contributed by atoms with Gasteiger partial charge in [0.25, 0.3) is 17.7 Å². The first-order valence-electron chi connectivity index (χ1n) is 14.8. The van der Waals surface area contributed by atoms with E-state index in [1.54, 1.807) is 54.5 Å². The van der Waals surface area contributed by atoms with Gasteiger partial charge in [0.1, 0.15) is 35.1 Å². The van der Waals surface area contributed by atoms with E-state index in [0.717, 1.165) is 11.1 Å². The number of amides is 3. The van der Waals surface area contributed by atoms with E-state index in [2.05, 4.69) is 15.6 Å². The van der Waals surface area contributed by atoms with Crippen molar-refractivity contribution in [1.29, 1.82) is 5.26 Å². The highest BCUT2D eigenvalue weighted by Gasteiger charge is 2.35. The fraction of sp³-hybridized carbons (Fsp3) is 0.229. The van der Waals surface area contributed by atoms with Crippen LogP contribution in [0.2, 0.25) is 0 Å². The summed E-state index contributed by atoms with van der Waals surface area (Å²) >= 11 is 0. The van der Waals surface area contributed by atoms with E-state index in [1.165, 1.54) is 12.3 Å². The van der Waals surface area contributed by atoms with Gasteiger partial charge in [-0.25, -0.2) is 4.98 Å². The number of nitrogens with one attached hydrogen (secondary N) is 2. The summed E-state index contributed by atoms with van der Waals surface area (Å²) in [6, 6.07) is 24.2. The number of carbonyl (C=O) groups is 3. The van der Waals surface area contributed by atoms with Crippen LogP contribution in [0, 0.1) is 11.3 Å². The third-order valence-electron chi connectivity index (χ3n) is 7.96. The molecule has 46 heavy (non-hydrogen) atoms. The maximum absolute atomic E-state index is 13.8. The molecule has 2 N–H and O–H groups in total. The summed E-state index contributed by atoms with van der Waals surface area (Å²) in [7, 11) is 1.55. The maximum atomic E-state index is 13.8. The summed E-state index contributed by atoms with van der Waals surface area (Å²) in [6.45, 7) is 0.747. The molecule has 0 saturated carbocycles. The van der Waals surface area contributed by atoms with Gasteiger partial charge in [0, 0.05) is 43.4 Å². The number of rotatable bonds is 2. The number of pyridine rings is 1. The Bertz CT molecular complexity index is 1800. The van der Waals surface area contributed by atoms with Gasteiger partial charge in [-0.2, -0.15) is 5.26 Å². The monoisotopic (exact) mass is 617 g/mol. The number of methoxy groups -OCH3 is 1. The Hall–Kier alpha value is -5.89. The predicted octanol–water partition coefficient (Wildman–Crippen LogP) is 3.73. The van der Waals surface area contributed by atoms with Crippen molar-refractivity contribution in [3.8, 4) is 34.4 Å². The van der Waals surface area contributed by atoms with Crippen molar-refractivity contribution in [2.24, 2.45) is 0 Å². The molecule has 6 bridgehead atoms. The second-order valence-corrected chi connectivity index (χ2v) is 11.0. The van der Waals surface area contributed by atoms with Gasteiger partial charge < -0.3 is 29.7 Å². The van der Waals surface area contributed by atoms with Gasteiger partial charge in [0.05, 0.1) is 18.7 Å². The number of benzene rings is 3. The second kappa shape index (κ2) is 13.4. The minimum absolute atomic E-state index is 0.158. The highest BCUT2D eigenvalue weighted by molar-refractivity contribution is 5.97. The van der Waals surface area contributed by atoms with Crippen molar-refractivity contribution in [2.75, 3.05) is 26.8 Å². The van der Waals surface area contributed by atoms with E-state index in [9.17, 15) is 14.4 Å². The fourth-order valence-electron chi connectivity index (χ4n) is 5.50. The molecule has 4 aromatic rings. The van der Waals surface area contributed by atoms with E-state index in [1.807, 2.05) is 36.4 Å². The zero-order valence-electron chi connectivity index (χ0n) is 25.1. The van der Waals surface area contributed by atoms with Gasteiger partial charge in [0.15, 0.2) is 6.61 Å². The molecule has 3 aliphatic rings. The third-order valence-corrected chi connectivity index (χ3v) is 7.96. The minimum Gasteiger partial charge on any atom is -0.496 e. The average molecular weight is 618 g/mol. The standard InChI is InChI=1S/C35H31N5O6/c1-44-31-12-8-24-16-29(31)23-3-2-4-28(15-23)45-21-33(41)38-18-22-5-10-27(11-6-22)46-32-13-14-40(20-30(32)39-34(24)42)35(43)25-7-9-26(17-36)37-19-25/h2-12,15-16,19,30,32H,13-14,18,20-21H2,1H3,(H,38,41)(H,39,42)/t30-,32-/m1/s1. The van der Waals surface area contributed by atoms with Gasteiger partial charge in [-0.15, -0.1) is 0 Å². The molecule has 232 valence electrons. The Kier molecular flexibility index (Phi) is 8.78. The van der Waals surface area contributed by atoms with Crippen LogP contribution in [0.4, 0.5) is 0 Å².